The highest BCUT2D eigenvalue weighted by atomic mass is 19.1. The van der Waals surface area contributed by atoms with Gasteiger partial charge in [0.1, 0.15) is 5.82 Å². The zero-order valence-corrected chi connectivity index (χ0v) is 20.4. The summed E-state index contributed by atoms with van der Waals surface area (Å²) in [6.07, 6.45) is 8.45. The quantitative estimate of drug-likeness (QED) is 0.209. The second-order valence-electron chi connectivity index (χ2n) is 8.61. The van der Waals surface area contributed by atoms with Crippen molar-refractivity contribution in [3.05, 3.63) is 130 Å². The van der Waals surface area contributed by atoms with Crippen LogP contribution in [0.1, 0.15) is 60.1 Å². The first kappa shape index (κ1) is 24.1. The molecular formula is C34H29F. The van der Waals surface area contributed by atoms with Gasteiger partial charge in [-0.3, -0.25) is 0 Å². The van der Waals surface area contributed by atoms with E-state index in [1.165, 1.54) is 11.1 Å². The molecule has 4 aromatic carbocycles. The summed E-state index contributed by atoms with van der Waals surface area (Å²) in [5.74, 6) is 12.3. The number of fused-ring (bicyclic) bond motifs is 1. The highest BCUT2D eigenvalue weighted by Gasteiger charge is 2.06. The molecule has 0 unspecified atom stereocenters. The maximum atomic E-state index is 15.0. The van der Waals surface area contributed by atoms with Crippen molar-refractivity contribution < 1.29 is 4.39 Å². The lowest BCUT2D eigenvalue weighted by Gasteiger charge is -2.05. The normalized spacial score (nSPS) is 10.6. The number of allylic oxidation sites excluding steroid dienone is 2. The summed E-state index contributed by atoms with van der Waals surface area (Å²) >= 11 is 0. The van der Waals surface area contributed by atoms with Gasteiger partial charge in [0.15, 0.2) is 0 Å². The van der Waals surface area contributed by atoms with Gasteiger partial charge in [-0.25, -0.2) is 4.39 Å². The fraction of sp³-hybridized carbons (Fsp3) is 0.176. The van der Waals surface area contributed by atoms with Crippen molar-refractivity contribution in [3.63, 3.8) is 0 Å². The highest BCUT2D eigenvalue weighted by molar-refractivity contribution is 5.85. The number of hydrogen-bond donors (Lipinski definition) is 0. The Morgan fingerprint density at radius 1 is 0.686 bits per heavy atom. The van der Waals surface area contributed by atoms with Crippen LogP contribution < -0.4 is 0 Å². The fourth-order valence-electron chi connectivity index (χ4n) is 3.97. The molecule has 0 fully saturated rings. The summed E-state index contributed by atoms with van der Waals surface area (Å²) in [5.41, 5.74) is 5.72. The number of rotatable bonds is 5. The van der Waals surface area contributed by atoms with E-state index in [0.717, 1.165) is 47.8 Å². The molecule has 0 saturated heterocycles. The predicted molar refractivity (Wildman–Crippen MR) is 146 cm³/mol. The van der Waals surface area contributed by atoms with E-state index in [9.17, 15) is 4.39 Å². The molecule has 35 heavy (non-hydrogen) atoms. The van der Waals surface area contributed by atoms with Gasteiger partial charge in [0.2, 0.25) is 0 Å². The molecule has 4 aromatic rings. The Hall–Kier alpha value is -4.07. The fourth-order valence-corrected chi connectivity index (χ4v) is 3.97. The molecule has 0 nitrogen and oxygen atoms in total. The molecule has 0 spiro atoms. The van der Waals surface area contributed by atoms with E-state index in [0.29, 0.717) is 10.9 Å². The zero-order valence-electron chi connectivity index (χ0n) is 20.4. The minimum absolute atomic E-state index is 0.256. The molecule has 4 rings (SSSR count). The summed E-state index contributed by atoms with van der Waals surface area (Å²) in [4.78, 5) is 0. The van der Waals surface area contributed by atoms with Crippen LogP contribution in [0.5, 0.6) is 0 Å². The molecule has 0 bridgehead atoms. The molecule has 0 amide bonds. The Morgan fingerprint density at radius 3 is 1.91 bits per heavy atom. The van der Waals surface area contributed by atoms with Crippen LogP contribution in [0.2, 0.25) is 0 Å². The van der Waals surface area contributed by atoms with Gasteiger partial charge in [-0.1, -0.05) is 85.6 Å². The monoisotopic (exact) mass is 456 g/mol. The summed E-state index contributed by atoms with van der Waals surface area (Å²) in [5, 5.41) is 1.54. The molecule has 0 saturated carbocycles. The first-order valence-corrected chi connectivity index (χ1v) is 12.2. The van der Waals surface area contributed by atoms with E-state index in [-0.39, 0.29) is 5.82 Å². The first-order chi connectivity index (χ1) is 17.2. The van der Waals surface area contributed by atoms with Crippen LogP contribution in [0.25, 0.3) is 10.8 Å². The van der Waals surface area contributed by atoms with Crippen molar-refractivity contribution in [2.75, 3.05) is 0 Å². The smallest absolute Gasteiger partial charge is 0.146 e. The van der Waals surface area contributed by atoms with Gasteiger partial charge in [-0.15, -0.1) is 0 Å². The topological polar surface area (TPSA) is 0 Å². The third-order valence-electron chi connectivity index (χ3n) is 5.92. The van der Waals surface area contributed by atoms with Crippen LogP contribution in [-0.4, -0.2) is 0 Å². The minimum Gasteiger partial charge on any atom is -0.205 e. The van der Waals surface area contributed by atoms with Crippen LogP contribution in [-0.2, 0) is 12.8 Å². The van der Waals surface area contributed by atoms with Crippen molar-refractivity contribution in [2.45, 2.75) is 39.5 Å². The van der Waals surface area contributed by atoms with E-state index < -0.39 is 0 Å². The molecular weight excluding hydrogens is 427 g/mol. The van der Waals surface area contributed by atoms with Gasteiger partial charge < -0.3 is 0 Å². The lowest BCUT2D eigenvalue weighted by Crippen LogP contribution is -1.89. The lowest BCUT2D eigenvalue weighted by molar-refractivity contribution is 0.636. The highest BCUT2D eigenvalue weighted by Crippen LogP contribution is 2.23. The van der Waals surface area contributed by atoms with Gasteiger partial charge in [-0.05, 0) is 85.2 Å². The summed E-state index contributed by atoms with van der Waals surface area (Å²) in [7, 11) is 0. The second-order valence-corrected chi connectivity index (χ2v) is 8.61. The van der Waals surface area contributed by atoms with Crippen molar-refractivity contribution in [1.29, 1.82) is 0 Å². The van der Waals surface area contributed by atoms with Crippen molar-refractivity contribution in [1.82, 2.24) is 0 Å². The van der Waals surface area contributed by atoms with Crippen LogP contribution >= 0.6 is 0 Å². The maximum absolute atomic E-state index is 15.0. The maximum Gasteiger partial charge on any atom is 0.146 e. The Bertz CT molecular complexity index is 1450. The van der Waals surface area contributed by atoms with E-state index in [1.54, 1.807) is 6.07 Å². The van der Waals surface area contributed by atoms with Gasteiger partial charge in [0, 0.05) is 22.1 Å². The minimum atomic E-state index is -0.256. The number of aryl methyl sites for hydroxylation is 2. The van der Waals surface area contributed by atoms with E-state index in [2.05, 4.69) is 73.1 Å². The van der Waals surface area contributed by atoms with Crippen LogP contribution in [0, 0.1) is 29.5 Å². The molecule has 0 aliphatic heterocycles. The van der Waals surface area contributed by atoms with E-state index >= 15 is 0 Å². The SMILES string of the molecule is C/C=C/CCc1ccc(C#Cc2ccc(C#Cc3ccc4cc(CCC)ccc4c3F)cc2)cc1. The molecule has 1 heteroatoms. The van der Waals surface area contributed by atoms with Crippen LogP contribution in [0.3, 0.4) is 0 Å². The van der Waals surface area contributed by atoms with Crippen molar-refractivity contribution in [3.8, 4) is 23.7 Å². The number of benzene rings is 4. The molecule has 0 N–H and O–H groups in total. The average molecular weight is 457 g/mol. The molecule has 172 valence electrons. The largest absolute Gasteiger partial charge is 0.205 e. The Labute approximate surface area is 208 Å². The number of hydrogen-bond acceptors (Lipinski definition) is 0. The Kier molecular flexibility index (Phi) is 8.17. The van der Waals surface area contributed by atoms with Crippen LogP contribution in [0.4, 0.5) is 4.39 Å². The van der Waals surface area contributed by atoms with Gasteiger partial charge in [-0.2, -0.15) is 0 Å². The lowest BCUT2D eigenvalue weighted by atomic mass is 10.0. The van der Waals surface area contributed by atoms with Gasteiger partial charge in [0.25, 0.3) is 0 Å². The predicted octanol–water partition coefficient (Wildman–Crippen LogP) is 8.24. The second kappa shape index (κ2) is 11.9. The first-order valence-electron chi connectivity index (χ1n) is 12.2. The molecule has 0 aliphatic rings. The van der Waals surface area contributed by atoms with Gasteiger partial charge >= 0.3 is 0 Å². The molecule has 0 heterocycles. The Balaban J connectivity index is 1.44. The molecule has 0 radical (unpaired) electrons. The van der Waals surface area contributed by atoms with E-state index in [1.807, 2.05) is 49.4 Å². The third kappa shape index (κ3) is 6.50. The summed E-state index contributed by atoms with van der Waals surface area (Å²) in [6.45, 7) is 4.19. The van der Waals surface area contributed by atoms with Crippen molar-refractivity contribution >= 4 is 10.8 Å². The van der Waals surface area contributed by atoms with Crippen molar-refractivity contribution in [2.24, 2.45) is 0 Å². The molecule has 0 aliphatic carbocycles. The number of halogens is 1. The van der Waals surface area contributed by atoms with E-state index in [4.69, 9.17) is 0 Å². The third-order valence-corrected chi connectivity index (χ3v) is 5.92. The molecule has 0 aromatic heterocycles. The average Bonchev–Trinajstić information content (AvgIpc) is 2.89. The van der Waals surface area contributed by atoms with Crippen LogP contribution in [0.15, 0.2) is 91.0 Å². The zero-order chi connectivity index (χ0) is 24.5. The molecule has 0 atom stereocenters. The summed E-state index contributed by atoms with van der Waals surface area (Å²) < 4.78 is 15.0. The summed E-state index contributed by atoms with van der Waals surface area (Å²) in [6, 6.07) is 25.8. The van der Waals surface area contributed by atoms with Gasteiger partial charge in [0.05, 0.1) is 5.56 Å². The Morgan fingerprint density at radius 2 is 1.29 bits per heavy atom. The standard InChI is InChI=1S/C34H29F/c1-3-5-6-8-26-9-11-27(12-10-26)13-14-28-15-17-29(18-16-28)19-21-31-22-23-32-25-30(7-4-2)20-24-33(32)34(31)35/h3,5,9-12,15-18,20,22-25H,4,6-8H2,1-2H3/b5-3+.